The Labute approximate surface area is 106 Å². The fourth-order valence-electron chi connectivity index (χ4n) is 2.38. The number of aliphatic hydroxyl groups excluding tert-OH is 1. The van der Waals surface area contributed by atoms with E-state index in [0.29, 0.717) is 16.2 Å². The van der Waals surface area contributed by atoms with Crippen molar-refractivity contribution < 1.29 is 5.11 Å². The van der Waals surface area contributed by atoms with Crippen molar-refractivity contribution in [1.82, 2.24) is 4.98 Å². The van der Waals surface area contributed by atoms with Crippen molar-refractivity contribution in [1.29, 1.82) is 0 Å². The third kappa shape index (κ3) is 2.88. The van der Waals surface area contributed by atoms with Gasteiger partial charge in [0.2, 0.25) is 0 Å². The average molecular weight is 260 g/mol. The average Bonchev–Trinajstić information content (AvgIpc) is 2.28. The second kappa shape index (κ2) is 5.35. The van der Waals surface area contributed by atoms with E-state index < -0.39 is 6.10 Å². The van der Waals surface area contributed by atoms with Gasteiger partial charge in [-0.1, -0.05) is 42.5 Å². The number of halogens is 2. The second-order valence-corrected chi connectivity index (χ2v) is 5.16. The van der Waals surface area contributed by atoms with Crippen LogP contribution in [0.15, 0.2) is 12.1 Å². The van der Waals surface area contributed by atoms with E-state index in [9.17, 15) is 5.11 Å². The minimum absolute atomic E-state index is 0.336. The number of pyridine rings is 1. The van der Waals surface area contributed by atoms with Gasteiger partial charge in [-0.05, 0) is 36.5 Å². The number of hydrogen-bond donors (Lipinski definition) is 1. The number of hydrogen-bond acceptors (Lipinski definition) is 2. The second-order valence-electron chi connectivity index (χ2n) is 4.39. The smallest absolute Gasteiger partial charge is 0.131 e. The molecular formula is C12H15Cl2NO. The summed E-state index contributed by atoms with van der Waals surface area (Å²) in [6.45, 7) is 0. The largest absolute Gasteiger partial charge is 0.388 e. The van der Waals surface area contributed by atoms with Crippen LogP contribution >= 0.6 is 23.2 Å². The Morgan fingerprint density at radius 3 is 2.25 bits per heavy atom. The molecule has 0 spiro atoms. The van der Waals surface area contributed by atoms with Gasteiger partial charge in [0.25, 0.3) is 0 Å². The lowest BCUT2D eigenvalue weighted by Gasteiger charge is -2.26. The Morgan fingerprint density at radius 1 is 1.12 bits per heavy atom. The molecule has 0 bridgehead atoms. The molecule has 0 aromatic carbocycles. The number of nitrogens with zero attached hydrogens (tertiary/aromatic N) is 1. The molecule has 1 fully saturated rings. The first-order chi connectivity index (χ1) is 7.66. The monoisotopic (exact) mass is 259 g/mol. The first kappa shape index (κ1) is 12.2. The molecule has 0 aliphatic heterocycles. The van der Waals surface area contributed by atoms with Crippen molar-refractivity contribution in [3.8, 4) is 0 Å². The van der Waals surface area contributed by atoms with Gasteiger partial charge in [-0.2, -0.15) is 0 Å². The number of rotatable bonds is 2. The highest BCUT2D eigenvalue weighted by Crippen LogP contribution is 2.35. The minimum atomic E-state index is -0.460. The fourth-order valence-corrected chi connectivity index (χ4v) is 2.85. The van der Waals surface area contributed by atoms with Gasteiger partial charge in [0.15, 0.2) is 0 Å². The van der Waals surface area contributed by atoms with Crippen LogP contribution in [0.4, 0.5) is 0 Å². The van der Waals surface area contributed by atoms with Crippen molar-refractivity contribution in [2.24, 2.45) is 5.92 Å². The molecule has 1 N–H and O–H groups in total. The van der Waals surface area contributed by atoms with Gasteiger partial charge < -0.3 is 5.11 Å². The SMILES string of the molecule is OC(c1cc(Cl)nc(Cl)c1)C1CCCCC1. The quantitative estimate of drug-likeness (QED) is 0.815. The van der Waals surface area contributed by atoms with Crippen molar-refractivity contribution in [3.63, 3.8) is 0 Å². The Bertz CT molecular complexity index is 344. The van der Waals surface area contributed by atoms with Crippen LogP contribution in [0.3, 0.4) is 0 Å². The van der Waals surface area contributed by atoms with E-state index in [4.69, 9.17) is 23.2 Å². The highest BCUT2D eigenvalue weighted by molar-refractivity contribution is 6.32. The molecule has 1 heterocycles. The molecule has 2 rings (SSSR count). The predicted octanol–water partition coefficient (Wildman–Crippen LogP) is 4.00. The summed E-state index contributed by atoms with van der Waals surface area (Å²) < 4.78 is 0. The maximum Gasteiger partial charge on any atom is 0.131 e. The van der Waals surface area contributed by atoms with Crippen LogP contribution in [0.2, 0.25) is 10.3 Å². The summed E-state index contributed by atoms with van der Waals surface area (Å²) in [5.74, 6) is 0.336. The van der Waals surface area contributed by atoms with Crippen LogP contribution in [0, 0.1) is 5.92 Å². The van der Waals surface area contributed by atoms with Crippen LogP contribution < -0.4 is 0 Å². The standard InChI is InChI=1S/C12H15Cl2NO/c13-10-6-9(7-11(14)15-10)12(16)8-4-2-1-3-5-8/h6-8,12,16H,1-5H2. The van der Waals surface area contributed by atoms with E-state index in [2.05, 4.69) is 4.98 Å². The molecule has 0 saturated heterocycles. The summed E-state index contributed by atoms with van der Waals surface area (Å²) in [6, 6.07) is 3.40. The maximum atomic E-state index is 10.2. The first-order valence-corrected chi connectivity index (χ1v) is 6.43. The third-order valence-electron chi connectivity index (χ3n) is 3.22. The van der Waals surface area contributed by atoms with E-state index in [0.717, 1.165) is 18.4 Å². The van der Waals surface area contributed by atoms with Gasteiger partial charge in [-0.25, -0.2) is 4.98 Å². The molecule has 16 heavy (non-hydrogen) atoms. The predicted molar refractivity (Wildman–Crippen MR) is 65.8 cm³/mol. The molecule has 1 unspecified atom stereocenters. The van der Waals surface area contributed by atoms with Crippen LogP contribution in [0.25, 0.3) is 0 Å². The normalized spacial score (nSPS) is 19.7. The first-order valence-electron chi connectivity index (χ1n) is 5.68. The summed E-state index contributed by atoms with van der Waals surface area (Å²) in [7, 11) is 0. The summed E-state index contributed by atoms with van der Waals surface area (Å²) in [5.41, 5.74) is 0.789. The number of aromatic nitrogens is 1. The van der Waals surface area contributed by atoms with E-state index in [1.807, 2.05) is 0 Å². The summed E-state index contributed by atoms with van der Waals surface area (Å²) in [5, 5.41) is 10.9. The lowest BCUT2D eigenvalue weighted by Crippen LogP contribution is -2.16. The highest BCUT2D eigenvalue weighted by atomic mass is 35.5. The zero-order valence-electron chi connectivity index (χ0n) is 9.00. The van der Waals surface area contributed by atoms with Gasteiger partial charge in [0.1, 0.15) is 10.3 Å². The van der Waals surface area contributed by atoms with Crippen molar-refractivity contribution in [3.05, 3.63) is 28.0 Å². The zero-order chi connectivity index (χ0) is 11.5. The van der Waals surface area contributed by atoms with Gasteiger partial charge >= 0.3 is 0 Å². The fraction of sp³-hybridized carbons (Fsp3) is 0.583. The van der Waals surface area contributed by atoms with Crippen molar-refractivity contribution >= 4 is 23.2 Å². The van der Waals surface area contributed by atoms with Gasteiger partial charge in [-0.3, -0.25) is 0 Å². The molecule has 1 aliphatic carbocycles. The zero-order valence-corrected chi connectivity index (χ0v) is 10.5. The molecule has 2 nitrogen and oxygen atoms in total. The molecule has 1 saturated carbocycles. The topological polar surface area (TPSA) is 33.1 Å². The highest BCUT2D eigenvalue weighted by Gasteiger charge is 2.23. The molecule has 1 atom stereocenters. The lowest BCUT2D eigenvalue weighted by molar-refractivity contribution is 0.0848. The molecule has 4 heteroatoms. The van der Waals surface area contributed by atoms with Crippen molar-refractivity contribution in [2.45, 2.75) is 38.2 Å². The molecule has 1 aromatic heterocycles. The maximum absolute atomic E-state index is 10.2. The molecular weight excluding hydrogens is 245 g/mol. The van der Waals surface area contributed by atoms with Crippen LogP contribution in [0.5, 0.6) is 0 Å². The Hall–Kier alpha value is -0.310. The Balaban J connectivity index is 2.15. The molecule has 1 aliphatic rings. The Kier molecular flexibility index (Phi) is 4.06. The summed E-state index contributed by atoms with van der Waals surface area (Å²) in [6.07, 6.45) is 5.39. The van der Waals surface area contributed by atoms with E-state index >= 15 is 0 Å². The van der Waals surface area contributed by atoms with Gasteiger partial charge in [-0.15, -0.1) is 0 Å². The molecule has 0 amide bonds. The number of aliphatic hydroxyl groups is 1. The molecule has 1 aromatic rings. The molecule has 88 valence electrons. The Morgan fingerprint density at radius 2 is 1.69 bits per heavy atom. The third-order valence-corrected chi connectivity index (χ3v) is 3.61. The van der Waals surface area contributed by atoms with Crippen LogP contribution in [-0.4, -0.2) is 10.1 Å². The minimum Gasteiger partial charge on any atom is -0.388 e. The summed E-state index contributed by atoms with van der Waals surface area (Å²) in [4.78, 5) is 3.88. The molecule has 0 radical (unpaired) electrons. The van der Waals surface area contributed by atoms with Crippen LogP contribution in [0.1, 0.15) is 43.8 Å². The summed E-state index contributed by atoms with van der Waals surface area (Å²) >= 11 is 11.7. The van der Waals surface area contributed by atoms with Gasteiger partial charge in [0.05, 0.1) is 6.10 Å². The van der Waals surface area contributed by atoms with E-state index in [-0.39, 0.29) is 0 Å². The van der Waals surface area contributed by atoms with Crippen molar-refractivity contribution in [2.75, 3.05) is 0 Å². The van der Waals surface area contributed by atoms with Gasteiger partial charge in [0, 0.05) is 0 Å². The van der Waals surface area contributed by atoms with E-state index in [1.165, 1.54) is 19.3 Å². The van der Waals surface area contributed by atoms with Crippen LogP contribution in [-0.2, 0) is 0 Å². The lowest BCUT2D eigenvalue weighted by atomic mass is 9.83. The van der Waals surface area contributed by atoms with E-state index in [1.54, 1.807) is 12.1 Å².